The fourth-order valence-corrected chi connectivity index (χ4v) is 4.57. The molecule has 0 unspecified atom stereocenters. The summed E-state index contributed by atoms with van der Waals surface area (Å²) in [5.74, 6) is -1.15. The quantitative estimate of drug-likeness (QED) is 0.671. The number of alkyl halides is 2. The van der Waals surface area contributed by atoms with E-state index in [2.05, 4.69) is 10.0 Å². The van der Waals surface area contributed by atoms with Crippen molar-refractivity contribution in [2.24, 2.45) is 0 Å². The van der Waals surface area contributed by atoms with Crippen molar-refractivity contribution >= 4 is 21.6 Å². The summed E-state index contributed by atoms with van der Waals surface area (Å²) in [4.78, 5) is 14.2. The molecule has 1 aliphatic heterocycles. The Morgan fingerprint density at radius 2 is 1.84 bits per heavy atom. The number of nitrogens with zero attached hydrogens (tertiary/aromatic N) is 1. The molecule has 1 saturated heterocycles. The van der Waals surface area contributed by atoms with Crippen LogP contribution in [0.25, 0.3) is 0 Å². The second-order valence-electron chi connectivity index (χ2n) is 7.50. The van der Waals surface area contributed by atoms with E-state index in [1.165, 1.54) is 36.4 Å². The number of aryl methyl sites for hydroxylation is 1. The van der Waals surface area contributed by atoms with Crippen molar-refractivity contribution < 1.29 is 26.4 Å². The van der Waals surface area contributed by atoms with Crippen LogP contribution in [0.2, 0.25) is 0 Å². The summed E-state index contributed by atoms with van der Waals surface area (Å²) in [6.45, 7) is 2.31. The molecule has 0 saturated carbocycles. The smallest absolute Gasteiger partial charge is 0.262 e. The van der Waals surface area contributed by atoms with Crippen molar-refractivity contribution in [2.45, 2.75) is 37.1 Å². The Bertz CT molecular complexity index is 1040. The van der Waals surface area contributed by atoms with Crippen LogP contribution in [0, 0.1) is 12.7 Å². The van der Waals surface area contributed by atoms with Gasteiger partial charge in [0.2, 0.25) is 0 Å². The molecule has 0 spiro atoms. The van der Waals surface area contributed by atoms with Gasteiger partial charge in [0.1, 0.15) is 5.82 Å². The third-order valence-corrected chi connectivity index (χ3v) is 6.56. The molecule has 10 heteroatoms. The number of benzene rings is 2. The van der Waals surface area contributed by atoms with E-state index in [0.717, 1.165) is 6.07 Å². The number of hydrogen-bond acceptors (Lipinski definition) is 4. The molecule has 1 aliphatic rings. The predicted molar refractivity (Wildman–Crippen MR) is 111 cm³/mol. The first-order chi connectivity index (χ1) is 14.7. The molecule has 0 radical (unpaired) electrons. The van der Waals surface area contributed by atoms with Gasteiger partial charge >= 0.3 is 0 Å². The highest BCUT2D eigenvalue weighted by Crippen LogP contribution is 2.22. The number of piperidine rings is 1. The van der Waals surface area contributed by atoms with E-state index in [-0.39, 0.29) is 28.7 Å². The van der Waals surface area contributed by atoms with E-state index < -0.39 is 28.2 Å². The number of nitrogens with one attached hydrogen (secondary N) is 2. The van der Waals surface area contributed by atoms with Crippen LogP contribution in [0.1, 0.15) is 28.8 Å². The first-order valence-electron chi connectivity index (χ1n) is 9.85. The number of hydrogen-bond donors (Lipinski definition) is 2. The van der Waals surface area contributed by atoms with Gasteiger partial charge in [0.15, 0.2) is 0 Å². The number of amides is 1. The molecule has 0 bridgehead atoms. The molecule has 2 N–H and O–H groups in total. The maximum atomic E-state index is 13.8. The van der Waals surface area contributed by atoms with Gasteiger partial charge in [-0.05, 0) is 49.6 Å². The van der Waals surface area contributed by atoms with Crippen molar-refractivity contribution in [1.29, 1.82) is 0 Å². The minimum absolute atomic E-state index is 0.168. The molecule has 3 rings (SSSR count). The predicted octanol–water partition coefficient (Wildman–Crippen LogP) is 3.39. The van der Waals surface area contributed by atoms with E-state index in [1.807, 2.05) is 0 Å². The molecule has 0 aliphatic carbocycles. The van der Waals surface area contributed by atoms with Crippen molar-refractivity contribution in [3.63, 3.8) is 0 Å². The molecule has 1 amide bonds. The largest absolute Gasteiger partial charge is 0.349 e. The van der Waals surface area contributed by atoms with Crippen LogP contribution in [0.15, 0.2) is 47.4 Å². The van der Waals surface area contributed by atoms with Crippen molar-refractivity contribution in [3.8, 4) is 0 Å². The Labute approximate surface area is 179 Å². The summed E-state index contributed by atoms with van der Waals surface area (Å²) in [5.41, 5.74) is 0.577. The fraction of sp³-hybridized carbons (Fsp3) is 0.381. The van der Waals surface area contributed by atoms with E-state index in [4.69, 9.17) is 0 Å². The average molecular weight is 456 g/mol. The van der Waals surface area contributed by atoms with Gasteiger partial charge in [-0.1, -0.05) is 18.2 Å². The maximum absolute atomic E-state index is 13.8. The second kappa shape index (κ2) is 9.69. The minimum atomic E-state index is -4.11. The van der Waals surface area contributed by atoms with Gasteiger partial charge < -0.3 is 5.32 Å². The number of sulfonamides is 1. The third kappa shape index (κ3) is 5.98. The zero-order chi connectivity index (χ0) is 22.6. The van der Waals surface area contributed by atoms with Gasteiger partial charge in [-0.3, -0.25) is 14.4 Å². The van der Waals surface area contributed by atoms with Crippen LogP contribution in [-0.4, -0.2) is 51.3 Å². The van der Waals surface area contributed by atoms with Crippen LogP contribution < -0.4 is 10.0 Å². The molecule has 2 aromatic carbocycles. The fourth-order valence-electron chi connectivity index (χ4n) is 3.48. The zero-order valence-corrected chi connectivity index (χ0v) is 17.8. The van der Waals surface area contributed by atoms with Crippen LogP contribution in [0.5, 0.6) is 0 Å². The number of halogens is 3. The summed E-state index contributed by atoms with van der Waals surface area (Å²) >= 11 is 0. The summed E-state index contributed by atoms with van der Waals surface area (Å²) in [5, 5.41) is 2.86. The number of carbonyl (C=O) groups excluding carboxylic acids is 1. The lowest BCUT2D eigenvalue weighted by Gasteiger charge is -2.32. The van der Waals surface area contributed by atoms with Crippen molar-refractivity contribution in [1.82, 2.24) is 10.2 Å². The van der Waals surface area contributed by atoms with Crippen molar-refractivity contribution in [2.75, 3.05) is 24.4 Å². The van der Waals surface area contributed by atoms with E-state index >= 15 is 0 Å². The Balaban J connectivity index is 1.71. The molecule has 168 valence electrons. The van der Waals surface area contributed by atoms with E-state index in [0.29, 0.717) is 31.5 Å². The number of para-hydroxylation sites is 1. The summed E-state index contributed by atoms with van der Waals surface area (Å²) in [6.07, 6.45) is -1.33. The standard InChI is InChI=1S/C21H24F3N3O3S/c1-14-6-7-16(31(29,30)26-19-5-3-2-4-18(19)22)12-17(14)21(28)25-15-8-10-27(11-9-15)13-20(23)24/h2-7,12,15,20,26H,8-11,13H2,1H3,(H,25,28). The SMILES string of the molecule is Cc1ccc(S(=O)(=O)Nc2ccccc2F)cc1C(=O)NC1CCN(CC(F)F)CC1. The average Bonchev–Trinajstić information content (AvgIpc) is 2.71. The molecule has 6 nitrogen and oxygen atoms in total. The molecule has 31 heavy (non-hydrogen) atoms. The topological polar surface area (TPSA) is 78.5 Å². The third-order valence-electron chi connectivity index (χ3n) is 5.20. The number of anilines is 1. The second-order valence-corrected chi connectivity index (χ2v) is 9.18. The van der Waals surface area contributed by atoms with Gasteiger partial charge in [0, 0.05) is 24.7 Å². The van der Waals surface area contributed by atoms with Crippen LogP contribution in [-0.2, 0) is 10.0 Å². The normalized spacial score (nSPS) is 15.8. The molecule has 0 aromatic heterocycles. The lowest BCUT2D eigenvalue weighted by molar-refractivity contribution is 0.0696. The Morgan fingerprint density at radius 1 is 1.16 bits per heavy atom. The number of rotatable bonds is 7. The van der Waals surface area contributed by atoms with E-state index in [1.54, 1.807) is 11.8 Å². The molecular weight excluding hydrogens is 431 g/mol. The number of likely N-dealkylation sites (tertiary alicyclic amines) is 1. The lowest BCUT2D eigenvalue weighted by atomic mass is 10.0. The Hall–Kier alpha value is -2.59. The number of carbonyl (C=O) groups is 1. The molecule has 2 aromatic rings. The van der Waals surface area contributed by atoms with Gasteiger partial charge in [-0.2, -0.15) is 0 Å². The van der Waals surface area contributed by atoms with Gasteiger partial charge in [0.25, 0.3) is 22.4 Å². The van der Waals surface area contributed by atoms with Gasteiger partial charge in [-0.25, -0.2) is 21.6 Å². The van der Waals surface area contributed by atoms with Crippen molar-refractivity contribution in [3.05, 3.63) is 59.4 Å². The Kier molecular flexibility index (Phi) is 7.22. The molecule has 0 atom stereocenters. The summed E-state index contributed by atoms with van der Waals surface area (Å²) in [6, 6.07) is 9.31. The van der Waals surface area contributed by atoms with Crippen LogP contribution >= 0.6 is 0 Å². The lowest BCUT2D eigenvalue weighted by Crippen LogP contribution is -2.45. The zero-order valence-electron chi connectivity index (χ0n) is 16.9. The molecular formula is C21H24F3N3O3S. The summed E-state index contributed by atoms with van der Waals surface area (Å²) < 4.78 is 66.4. The molecule has 1 heterocycles. The highest BCUT2D eigenvalue weighted by molar-refractivity contribution is 7.92. The molecule has 1 fully saturated rings. The first-order valence-corrected chi connectivity index (χ1v) is 11.3. The van der Waals surface area contributed by atoms with E-state index in [9.17, 15) is 26.4 Å². The highest BCUT2D eigenvalue weighted by atomic mass is 32.2. The van der Waals surface area contributed by atoms with Gasteiger partial charge in [0.05, 0.1) is 17.1 Å². The summed E-state index contributed by atoms with van der Waals surface area (Å²) in [7, 11) is -4.11. The minimum Gasteiger partial charge on any atom is -0.349 e. The Morgan fingerprint density at radius 3 is 2.48 bits per heavy atom. The highest BCUT2D eigenvalue weighted by Gasteiger charge is 2.24. The maximum Gasteiger partial charge on any atom is 0.262 e. The monoisotopic (exact) mass is 455 g/mol. The van der Waals surface area contributed by atoms with Gasteiger partial charge in [-0.15, -0.1) is 0 Å². The van der Waals surface area contributed by atoms with Crippen LogP contribution in [0.3, 0.4) is 0 Å². The van der Waals surface area contributed by atoms with Crippen LogP contribution in [0.4, 0.5) is 18.9 Å². The first kappa shape index (κ1) is 23.1.